The van der Waals surface area contributed by atoms with Gasteiger partial charge < -0.3 is 10.4 Å². The monoisotopic (exact) mass is 330 g/mol. The van der Waals surface area contributed by atoms with Crippen LogP contribution in [0.1, 0.15) is 22.8 Å². The molecule has 2 N–H and O–H groups in total. The van der Waals surface area contributed by atoms with Crippen LogP contribution < -0.4 is 5.32 Å². The Morgan fingerprint density at radius 1 is 1.18 bits per heavy atom. The highest BCUT2D eigenvalue weighted by Crippen LogP contribution is 2.35. The van der Waals surface area contributed by atoms with Gasteiger partial charge in [0.15, 0.2) is 0 Å². The SMILES string of the molecule is OC(CNCc1ccc(Cl)c(C(F)(F)F)c1)c1ccncc1. The molecule has 0 aliphatic carbocycles. The van der Waals surface area contributed by atoms with Crippen LogP contribution in [0.3, 0.4) is 0 Å². The predicted octanol–water partition coefficient (Wildman–Crippen LogP) is 3.58. The fraction of sp³-hybridized carbons (Fsp3) is 0.267. The number of aromatic nitrogens is 1. The first-order valence-electron chi connectivity index (χ1n) is 6.52. The van der Waals surface area contributed by atoms with Crippen LogP contribution in [0.25, 0.3) is 0 Å². The first-order chi connectivity index (χ1) is 10.4. The summed E-state index contributed by atoms with van der Waals surface area (Å²) < 4.78 is 38.2. The molecule has 0 saturated heterocycles. The summed E-state index contributed by atoms with van der Waals surface area (Å²) in [6, 6.07) is 7.10. The molecule has 22 heavy (non-hydrogen) atoms. The van der Waals surface area contributed by atoms with Gasteiger partial charge >= 0.3 is 6.18 Å². The van der Waals surface area contributed by atoms with Crippen molar-refractivity contribution in [3.63, 3.8) is 0 Å². The molecule has 1 aromatic carbocycles. The molecule has 1 aromatic heterocycles. The lowest BCUT2D eigenvalue weighted by Crippen LogP contribution is -2.21. The van der Waals surface area contributed by atoms with Gasteiger partial charge in [-0.2, -0.15) is 13.2 Å². The third-order valence-corrected chi connectivity index (χ3v) is 3.42. The molecule has 2 rings (SSSR count). The summed E-state index contributed by atoms with van der Waals surface area (Å²) in [6.07, 6.45) is -2.11. The van der Waals surface area contributed by atoms with Gasteiger partial charge in [-0.3, -0.25) is 4.98 Å². The van der Waals surface area contributed by atoms with E-state index in [9.17, 15) is 18.3 Å². The molecule has 1 heterocycles. The second-order valence-electron chi connectivity index (χ2n) is 4.74. The minimum absolute atomic E-state index is 0.197. The molecule has 1 unspecified atom stereocenters. The van der Waals surface area contributed by atoms with Crippen molar-refractivity contribution in [1.29, 1.82) is 0 Å². The first-order valence-corrected chi connectivity index (χ1v) is 6.90. The summed E-state index contributed by atoms with van der Waals surface area (Å²) in [7, 11) is 0. The highest BCUT2D eigenvalue weighted by atomic mass is 35.5. The third-order valence-electron chi connectivity index (χ3n) is 3.09. The van der Waals surface area contributed by atoms with Crippen LogP contribution in [0.5, 0.6) is 0 Å². The molecule has 0 amide bonds. The van der Waals surface area contributed by atoms with Crippen LogP contribution >= 0.6 is 11.6 Å². The zero-order valence-electron chi connectivity index (χ0n) is 11.4. The van der Waals surface area contributed by atoms with Gasteiger partial charge in [0.2, 0.25) is 0 Å². The Morgan fingerprint density at radius 2 is 1.86 bits per heavy atom. The van der Waals surface area contributed by atoms with Gasteiger partial charge in [-0.1, -0.05) is 17.7 Å². The van der Waals surface area contributed by atoms with Gasteiger partial charge in [-0.05, 0) is 35.4 Å². The van der Waals surface area contributed by atoms with E-state index in [1.165, 1.54) is 12.1 Å². The number of aliphatic hydroxyl groups excluding tert-OH is 1. The molecule has 0 saturated carbocycles. The number of hydrogen-bond acceptors (Lipinski definition) is 3. The Bertz CT molecular complexity index is 620. The lowest BCUT2D eigenvalue weighted by atomic mass is 10.1. The Balaban J connectivity index is 1.95. The van der Waals surface area contributed by atoms with Gasteiger partial charge in [0.25, 0.3) is 0 Å². The molecule has 0 spiro atoms. The number of rotatable bonds is 5. The molecule has 7 heteroatoms. The summed E-state index contributed by atoms with van der Waals surface area (Å²) in [5.74, 6) is 0. The molecule has 3 nitrogen and oxygen atoms in total. The van der Waals surface area contributed by atoms with Crippen molar-refractivity contribution in [2.24, 2.45) is 0 Å². The fourth-order valence-corrected chi connectivity index (χ4v) is 2.18. The number of pyridine rings is 1. The predicted molar refractivity (Wildman–Crippen MR) is 77.4 cm³/mol. The number of nitrogens with zero attached hydrogens (tertiary/aromatic N) is 1. The second kappa shape index (κ2) is 7.09. The fourth-order valence-electron chi connectivity index (χ4n) is 1.96. The van der Waals surface area contributed by atoms with E-state index in [2.05, 4.69) is 10.3 Å². The Labute approximate surface area is 130 Å². The zero-order valence-corrected chi connectivity index (χ0v) is 12.2. The van der Waals surface area contributed by atoms with Crippen molar-refractivity contribution in [1.82, 2.24) is 10.3 Å². The minimum Gasteiger partial charge on any atom is -0.387 e. The van der Waals surface area contributed by atoms with E-state index < -0.39 is 17.8 Å². The molecule has 0 aliphatic heterocycles. The van der Waals surface area contributed by atoms with E-state index in [1.54, 1.807) is 24.5 Å². The smallest absolute Gasteiger partial charge is 0.387 e. The van der Waals surface area contributed by atoms with Crippen molar-refractivity contribution >= 4 is 11.6 Å². The lowest BCUT2D eigenvalue weighted by molar-refractivity contribution is -0.137. The zero-order chi connectivity index (χ0) is 16.2. The lowest BCUT2D eigenvalue weighted by Gasteiger charge is -2.14. The van der Waals surface area contributed by atoms with Crippen molar-refractivity contribution in [3.05, 3.63) is 64.4 Å². The van der Waals surface area contributed by atoms with E-state index >= 15 is 0 Å². The first kappa shape index (κ1) is 16.7. The highest BCUT2D eigenvalue weighted by molar-refractivity contribution is 6.31. The van der Waals surface area contributed by atoms with Crippen LogP contribution in [-0.2, 0) is 12.7 Å². The van der Waals surface area contributed by atoms with E-state index in [0.29, 0.717) is 11.1 Å². The largest absolute Gasteiger partial charge is 0.417 e. The quantitative estimate of drug-likeness (QED) is 0.881. The van der Waals surface area contributed by atoms with Crippen LogP contribution in [0.15, 0.2) is 42.7 Å². The molecule has 2 aromatic rings. The Morgan fingerprint density at radius 3 is 2.50 bits per heavy atom. The van der Waals surface area contributed by atoms with Crippen LogP contribution in [0.2, 0.25) is 5.02 Å². The average molecular weight is 331 g/mol. The summed E-state index contributed by atoms with van der Waals surface area (Å²) in [6.45, 7) is 0.413. The molecule has 0 fully saturated rings. The van der Waals surface area contributed by atoms with E-state index in [1.807, 2.05) is 0 Å². The van der Waals surface area contributed by atoms with E-state index in [0.717, 1.165) is 6.07 Å². The molecular weight excluding hydrogens is 317 g/mol. The summed E-state index contributed by atoms with van der Waals surface area (Å²) in [5, 5.41) is 12.5. The second-order valence-corrected chi connectivity index (χ2v) is 5.15. The van der Waals surface area contributed by atoms with Crippen LogP contribution in [0, 0.1) is 0 Å². The molecule has 118 valence electrons. The maximum Gasteiger partial charge on any atom is 0.417 e. The number of hydrogen-bond donors (Lipinski definition) is 2. The van der Waals surface area contributed by atoms with Gasteiger partial charge in [-0.25, -0.2) is 0 Å². The topological polar surface area (TPSA) is 45.1 Å². The Kier molecular flexibility index (Phi) is 5.39. The van der Waals surface area contributed by atoms with Crippen molar-refractivity contribution < 1.29 is 18.3 Å². The number of alkyl halides is 3. The van der Waals surface area contributed by atoms with Crippen LogP contribution in [-0.4, -0.2) is 16.6 Å². The molecular formula is C15H14ClF3N2O. The average Bonchev–Trinajstić information content (AvgIpc) is 2.48. The number of halogens is 4. The van der Waals surface area contributed by atoms with Crippen LogP contribution in [0.4, 0.5) is 13.2 Å². The number of aliphatic hydroxyl groups is 1. The number of nitrogens with one attached hydrogen (secondary N) is 1. The van der Waals surface area contributed by atoms with E-state index in [4.69, 9.17) is 11.6 Å². The van der Waals surface area contributed by atoms with Gasteiger partial charge in [0.1, 0.15) is 0 Å². The standard InChI is InChI=1S/C15H14ClF3N2O/c16-13-2-1-10(7-12(13)15(17,18)19)8-21-9-14(22)11-3-5-20-6-4-11/h1-7,14,21-22H,8-9H2. The molecule has 1 atom stereocenters. The maximum absolute atomic E-state index is 12.7. The normalized spacial score (nSPS) is 13.1. The summed E-state index contributed by atoms with van der Waals surface area (Å²) in [4.78, 5) is 3.85. The Hall–Kier alpha value is -1.63. The summed E-state index contributed by atoms with van der Waals surface area (Å²) in [5.41, 5.74) is 0.274. The molecule has 0 aliphatic rings. The minimum atomic E-state index is -4.48. The molecule has 0 radical (unpaired) electrons. The van der Waals surface area contributed by atoms with Gasteiger partial charge in [-0.15, -0.1) is 0 Å². The van der Waals surface area contributed by atoms with Crippen molar-refractivity contribution in [3.8, 4) is 0 Å². The van der Waals surface area contributed by atoms with Crippen molar-refractivity contribution in [2.45, 2.75) is 18.8 Å². The highest BCUT2D eigenvalue weighted by Gasteiger charge is 2.33. The van der Waals surface area contributed by atoms with Crippen molar-refractivity contribution in [2.75, 3.05) is 6.54 Å². The molecule has 0 bridgehead atoms. The van der Waals surface area contributed by atoms with Gasteiger partial charge in [0.05, 0.1) is 16.7 Å². The summed E-state index contributed by atoms with van der Waals surface area (Å²) >= 11 is 5.56. The third kappa shape index (κ3) is 4.43. The van der Waals surface area contributed by atoms with Gasteiger partial charge in [0, 0.05) is 25.5 Å². The number of benzene rings is 1. The maximum atomic E-state index is 12.7. The van der Waals surface area contributed by atoms with E-state index in [-0.39, 0.29) is 18.1 Å².